The number of ether oxygens (including phenoxy) is 1. The van der Waals surface area contributed by atoms with Crippen LogP contribution in [0.2, 0.25) is 10.0 Å². The van der Waals surface area contributed by atoms with Gasteiger partial charge in [0.15, 0.2) is 15.9 Å². The lowest BCUT2D eigenvalue weighted by molar-refractivity contribution is -0.117. The minimum absolute atomic E-state index is 0.0682. The summed E-state index contributed by atoms with van der Waals surface area (Å²) in [5, 5.41) is 21.0. The van der Waals surface area contributed by atoms with Gasteiger partial charge in [-0.2, -0.15) is 0 Å². The summed E-state index contributed by atoms with van der Waals surface area (Å²) >= 11 is 14.9. The van der Waals surface area contributed by atoms with Gasteiger partial charge in [0.05, 0.1) is 11.6 Å². The van der Waals surface area contributed by atoms with Crippen LogP contribution >= 0.6 is 46.3 Å². The van der Waals surface area contributed by atoms with Gasteiger partial charge in [0.1, 0.15) is 11.5 Å². The smallest absolute Gasteiger partial charge is 0.296 e. The van der Waals surface area contributed by atoms with Crippen LogP contribution < -0.4 is 9.64 Å². The highest BCUT2D eigenvalue weighted by molar-refractivity contribution is 8.00. The Balaban J connectivity index is 1.34. The third kappa shape index (κ3) is 6.97. The Labute approximate surface area is 277 Å². The van der Waals surface area contributed by atoms with Gasteiger partial charge in [-0.25, -0.2) is 0 Å². The number of rotatable bonds is 10. The van der Waals surface area contributed by atoms with Gasteiger partial charge in [0, 0.05) is 15.8 Å². The van der Waals surface area contributed by atoms with Crippen LogP contribution in [0.15, 0.2) is 125 Å². The van der Waals surface area contributed by atoms with Crippen LogP contribution in [-0.2, 0) is 15.3 Å². The van der Waals surface area contributed by atoms with Crippen molar-refractivity contribution in [3.8, 4) is 11.5 Å². The van der Waals surface area contributed by atoms with Crippen molar-refractivity contribution in [1.82, 2.24) is 10.2 Å². The number of halogens is 2. The molecule has 1 aromatic heterocycles. The van der Waals surface area contributed by atoms with Crippen molar-refractivity contribution >= 4 is 69.2 Å². The molecule has 0 aliphatic carbocycles. The van der Waals surface area contributed by atoms with E-state index < -0.39 is 23.5 Å². The molecule has 0 saturated heterocycles. The highest BCUT2D eigenvalue weighted by Crippen LogP contribution is 2.44. The Morgan fingerprint density at radius 1 is 0.933 bits per heavy atom. The molecule has 0 radical (unpaired) electrons. The minimum Gasteiger partial charge on any atom is -0.503 e. The molecule has 1 aliphatic rings. The van der Waals surface area contributed by atoms with Crippen molar-refractivity contribution in [2.24, 2.45) is 0 Å². The lowest BCUT2D eigenvalue weighted by Crippen LogP contribution is -2.30. The average Bonchev–Trinajstić information content (AvgIpc) is 3.62. The van der Waals surface area contributed by atoms with E-state index in [1.807, 2.05) is 66.7 Å². The first-order chi connectivity index (χ1) is 21.9. The second-order valence-electron chi connectivity index (χ2n) is 9.81. The van der Waals surface area contributed by atoms with Crippen molar-refractivity contribution in [2.45, 2.75) is 16.1 Å². The number of amides is 1. The van der Waals surface area contributed by atoms with Gasteiger partial charge in [0.2, 0.25) is 5.13 Å². The van der Waals surface area contributed by atoms with E-state index in [4.69, 9.17) is 27.9 Å². The van der Waals surface area contributed by atoms with Crippen LogP contribution in [0, 0.1) is 0 Å². The maximum absolute atomic E-state index is 13.7. The summed E-state index contributed by atoms with van der Waals surface area (Å²) in [6.45, 7) is 0. The number of carbonyl (C=O) groups excluding carboxylic acids is 2. The number of allylic oxidation sites excluding steroid dienone is 1. The van der Waals surface area contributed by atoms with Gasteiger partial charge in [-0.15, -0.1) is 10.2 Å². The number of benzene rings is 4. The molecule has 6 rings (SSSR count). The number of nitrogens with zero attached hydrogens (tertiary/aromatic N) is 3. The Bertz CT molecular complexity index is 1930. The molecule has 0 saturated carbocycles. The maximum atomic E-state index is 13.7. The molecular weight excluding hydrogens is 649 g/mol. The topological polar surface area (TPSA) is 92.6 Å². The van der Waals surface area contributed by atoms with Crippen LogP contribution in [0.4, 0.5) is 5.13 Å². The molecule has 11 heteroatoms. The Hall–Kier alpha value is -4.41. The van der Waals surface area contributed by atoms with Crippen LogP contribution in [-0.4, -0.2) is 27.0 Å². The van der Waals surface area contributed by atoms with E-state index in [0.29, 0.717) is 37.2 Å². The fourth-order valence-electron chi connectivity index (χ4n) is 4.70. The molecule has 224 valence electrons. The normalized spacial score (nSPS) is 14.8. The number of para-hydroxylation sites is 1. The standard InChI is InChI=1S/C34H23Cl2N3O4S2/c35-24-16-15-23(27(36)19-24)20-44-34-38-37-33(45-34)39-30(22-10-7-13-26(18-22)43-25-11-5-2-6-12-25)29(31(41)32(39)42)28(40)17-14-21-8-3-1-4-9-21/h1-19,30,41H,20H2/b17-14+. The van der Waals surface area contributed by atoms with Gasteiger partial charge >= 0.3 is 0 Å². The highest BCUT2D eigenvalue weighted by atomic mass is 35.5. The molecule has 45 heavy (non-hydrogen) atoms. The third-order valence-corrected chi connectivity index (χ3v) is 9.51. The molecule has 1 aliphatic heterocycles. The number of anilines is 1. The minimum atomic E-state index is -0.985. The number of hydrogen-bond acceptors (Lipinski definition) is 8. The van der Waals surface area contributed by atoms with E-state index in [-0.39, 0.29) is 10.7 Å². The second kappa shape index (κ2) is 13.7. The van der Waals surface area contributed by atoms with E-state index >= 15 is 0 Å². The summed E-state index contributed by atoms with van der Waals surface area (Å²) in [5.41, 5.74) is 2.15. The van der Waals surface area contributed by atoms with Crippen molar-refractivity contribution in [2.75, 3.05) is 4.90 Å². The van der Waals surface area contributed by atoms with Crippen molar-refractivity contribution < 1.29 is 19.4 Å². The molecule has 1 N–H and O–H groups in total. The first-order valence-corrected chi connectivity index (χ1v) is 16.2. The molecule has 5 aromatic rings. The van der Waals surface area contributed by atoms with Crippen LogP contribution in [0.3, 0.4) is 0 Å². The Kier molecular flexibility index (Phi) is 9.32. The van der Waals surface area contributed by atoms with Crippen LogP contribution in [0.1, 0.15) is 22.7 Å². The summed E-state index contributed by atoms with van der Waals surface area (Å²) < 4.78 is 6.62. The average molecular weight is 673 g/mol. The molecule has 4 aromatic carbocycles. The molecule has 1 unspecified atom stereocenters. The van der Waals surface area contributed by atoms with Crippen molar-refractivity contribution in [1.29, 1.82) is 0 Å². The zero-order valence-electron chi connectivity index (χ0n) is 23.3. The van der Waals surface area contributed by atoms with Crippen molar-refractivity contribution in [3.63, 3.8) is 0 Å². The summed E-state index contributed by atoms with van der Waals surface area (Å²) in [6.07, 6.45) is 3.00. The quantitative estimate of drug-likeness (QED) is 0.0899. The van der Waals surface area contributed by atoms with Crippen LogP contribution in [0.5, 0.6) is 11.5 Å². The SMILES string of the molecule is O=C(/C=C/c1ccccc1)C1=C(O)C(=O)N(c2nnc(SCc3ccc(Cl)cc3Cl)s2)C1c1cccc(Oc2ccccc2)c1. The fraction of sp³-hybridized carbons (Fsp3) is 0.0588. The predicted molar refractivity (Wildman–Crippen MR) is 179 cm³/mol. The zero-order valence-corrected chi connectivity index (χ0v) is 26.5. The van der Waals surface area contributed by atoms with E-state index in [2.05, 4.69) is 10.2 Å². The lowest BCUT2D eigenvalue weighted by atomic mass is 9.95. The largest absolute Gasteiger partial charge is 0.503 e. The number of carbonyl (C=O) groups is 2. The Morgan fingerprint density at radius 3 is 2.42 bits per heavy atom. The number of ketones is 1. The Morgan fingerprint density at radius 2 is 1.67 bits per heavy atom. The van der Waals surface area contributed by atoms with Gasteiger partial charge < -0.3 is 9.84 Å². The van der Waals surface area contributed by atoms with E-state index in [9.17, 15) is 14.7 Å². The summed E-state index contributed by atoms with van der Waals surface area (Å²) in [7, 11) is 0. The molecule has 0 bridgehead atoms. The second-order valence-corrected chi connectivity index (χ2v) is 12.8. The third-order valence-electron chi connectivity index (χ3n) is 6.82. The first kappa shape index (κ1) is 30.6. The number of hydrogen-bond donors (Lipinski definition) is 1. The maximum Gasteiger partial charge on any atom is 0.296 e. The van der Waals surface area contributed by atoms with E-state index in [1.54, 1.807) is 42.5 Å². The highest BCUT2D eigenvalue weighted by Gasteiger charge is 2.45. The molecule has 1 atom stereocenters. The monoisotopic (exact) mass is 671 g/mol. The lowest BCUT2D eigenvalue weighted by Gasteiger charge is -2.24. The predicted octanol–water partition coefficient (Wildman–Crippen LogP) is 9.11. The van der Waals surface area contributed by atoms with Gasteiger partial charge in [-0.1, -0.05) is 119 Å². The molecule has 0 fully saturated rings. The summed E-state index contributed by atoms with van der Waals surface area (Å²) in [4.78, 5) is 28.6. The van der Waals surface area contributed by atoms with Crippen molar-refractivity contribution in [3.05, 3.63) is 147 Å². The number of thioether (sulfide) groups is 1. The van der Waals surface area contributed by atoms with E-state index in [0.717, 1.165) is 11.1 Å². The molecule has 0 spiro atoms. The molecular formula is C34H23Cl2N3O4S2. The zero-order chi connectivity index (χ0) is 31.3. The number of aromatic nitrogens is 2. The van der Waals surface area contributed by atoms with E-state index in [1.165, 1.54) is 34.1 Å². The molecule has 1 amide bonds. The van der Waals surface area contributed by atoms with Gasteiger partial charge in [0.25, 0.3) is 5.91 Å². The number of aliphatic hydroxyl groups excluding tert-OH is 1. The van der Waals surface area contributed by atoms with Gasteiger partial charge in [-0.05, 0) is 59.2 Å². The molecule has 7 nitrogen and oxygen atoms in total. The number of aliphatic hydroxyl groups is 1. The first-order valence-electron chi connectivity index (χ1n) is 13.6. The summed E-state index contributed by atoms with van der Waals surface area (Å²) in [6, 6.07) is 29.9. The van der Waals surface area contributed by atoms with Gasteiger partial charge in [-0.3, -0.25) is 14.5 Å². The van der Waals surface area contributed by atoms with Crippen LogP contribution in [0.25, 0.3) is 6.08 Å². The summed E-state index contributed by atoms with van der Waals surface area (Å²) in [5.74, 6) is -0.284. The fourth-order valence-corrected chi connectivity index (χ4v) is 7.13. The molecule has 2 heterocycles.